The number of anilines is 1. The number of nitrogens with zero attached hydrogens (tertiary/aromatic N) is 4. The molecule has 1 aliphatic heterocycles. The van der Waals surface area contributed by atoms with Gasteiger partial charge in [0.2, 0.25) is 5.91 Å². The van der Waals surface area contributed by atoms with E-state index >= 15 is 0 Å². The quantitative estimate of drug-likeness (QED) is 0.546. The Kier molecular flexibility index (Phi) is 6.87. The molecule has 0 saturated heterocycles. The molecular formula is C24H21N5OS2. The molecule has 1 N–H and O–H groups in total. The molecule has 3 heterocycles. The van der Waals surface area contributed by atoms with Crippen LogP contribution in [0, 0.1) is 29.6 Å². The summed E-state index contributed by atoms with van der Waals surface area (Å²) in [6.45, 7) is 4.37. The Bertz CT molecular complexity index is 1220. The van der Waals surface area contributed by atoms with Crippen LogP contribution in [-0.4, -0.2) is 28.1 Å². The van der Waals surface area contributed by atoms with E-state index in [1.54, 1.807) is 12.1 Å². The van der Waals surface area contributed by atoms with Crippen molar-refractivity contribution in [1.82, 2.24) is 9.88 Å². The number of nitrogens with one attached hydrogen (secondary N) is 1. The highest BCUT2D eigenvalue weighted by Gasteiger charge is 2.25. The Hall–Kier alpha value is -3.17. The molecule has 4 rings (SSSR count). The summed E-state index contributed by atoms with van der Waals surface area (Å²) < 4.78 is 0. The van der Waals surface area contributed by atoms with Gasteiger partial charge in [-0.05, 0) is 36.6 Å². The molecular weight excluding hydrogens is 438 g/mol. The van der Waals surface area contributed by atoms with E-state index in [4.69, 9.17) is 0 Å². The molecule has 0 aliphatic carbocycles. The summed E-state index contributed by atoms with van der Waals surface area (Å²) in [5.74, 6) is -0.0861. The number of aryl methyl sites for hydroxylation is 1. The van der Waals surface area contributed by atoms with Crippen molar-refractivity contribution >= 4 is 34.0 Å². The number of hydrogen-bond acceptors (Lipinski definition) is 7. The zero-order valence-electron chi connectivity index (χ0n) is 17.6. The molecule has 1 aromatic carbocycles. The topological polar surface area (TPSA) is 92.8 Å². The van der Waals surface area contributed by atoms with Crippen LogP contribution in [0.3, 0.4) is 0 Å². The van der Waals surface area contributed by atoms with Gasteiger partial charge < -0.3 is 5.32 Å². The van der Waals surface area contributed by atoms with Crippen molar-refractivity contribution in [2.24, 2.45) is 0 Å². The minimum atomic E-state index is -0.210. The highest BCUT2D eigenvalue weighted by Crippen LogP contribution is 2.37. The number of hydrogen-bond donors (Lipinski definition) is 1. The van der Waals surface area contributed by atoms with Gasteiger partial charge in [0, 0.05) is 30.2 Å². The number of pyridine rings is 1. The van der Waals surface area contributed by atoms with Gasteiger partial charge in [-0.1, -0.05) is 42.1 Å². The van der Waals surface area contributed by atoms with Gasteiger partial charge in [0.15, 0.2) is 0 Å². The van der Waals surface area contributed by atoms with Crippen LogP contribution >= 0.6 is 23.1 Å². The summed E-state index contributed by atoms with van der Waals surface area (Å²) in [6, 6.07) is 18.2. The number of nitriles is 2. The lowest BCUT2D eigenvalue weighted by molar-refractivity contribution is -0.113. The lowest BCUT2D eigenvalue weighted by atomic mass is 10.0. The number of fused-ring (bicyclic) bond motifs is 1. The van der Waals surface area contributed by atoms with E-state index < -0.39 is 0 Å². The zero-order chi connectivity index (χ0) is 22.5. The van der Waals surface area contributed by atoms with E-state index in [0.717, 1.165) is 42.2 Å². The Morgan fingerprint density at radius 2 is 2.03 bits per heavy atom. The maximum atomic E-state index is 12.6. The van der Waals surface area contributed by atoms with E-state index in [2.05, 4.69) is 39.5 Å². The number of thiophene rings is 1. The van der Waals surface area contributed by atoms with Gasteiger partial charge in [-0.2, -0.15) is 10.5 Å². The zero-order valence-corrected chi connectivity index (χ0v) is 19.2. The maximum absolute atomic E-state index is 12.6. The van der Waals surface area contributed by atoms with E-state index in [1.165, 1.54) is 28.7 Å². The van der Waals surface area contributed by atoms with Crippen LogP contribution in [0.2, 0.25) is 0 Å². The lowest BCUT2D eigenvalue weighted by Gasteiger charge is -2.26. The fourth-order valence-corrected chi connectivity index (χ4v) is 5.74. The summed E-state index contributed by atoms with van der Waals surface area (Å²) in [5, 5.41) is 23.0. The summed E-state index contributed by atoms with van der Waals surface area (Å²) in [4.78, 5) is 20.5. The van der Waals surface area contributed by atoms with Crippen LogP contribution in [0.25, 0.3) is 0 Å². The van der Waals surface area contributed by atoms with Gasteiger partial charge in [-0.25, -0.2) is 4.98 Å². The largest absolute Gasteiger partial charge is 0.316 e. The van der Waals surface area contributed by atoms with Crippen molar-refractivity contribution in [3.05, 3.63) is 75.3 Å². The van der Waals surface area contributed by atoms with Gasteiger partial charge in [-0.3, -0.25) is 9.69 Å². The van der Waals surface area contributed by atoms with Crippen molar-refractivity contribution < 1.29 is 4.79 Å². The fourth-order valence-electron chi connectivity index (χ4n) is 3.66. The minimum absolute atomic E-state index is 0.124. The molecule has 8 heteroatoms. The van der Waals surface area contributed by atoms with Gasteiger partial charge >= 0.3 is 0 Å². The number of rotatable bonds is 6. The molecule has 0 saturated carbocycles. The van der Waals surface area contributed by atoms with Gasteiger partial charge in [0.05, 0.1) is 16.9 Å². The third-order valence-electron chi connectivity index (χ3n) is 5.21. The first-order valence-corrected chi connectivity index (χ1v) is 12.0. The highest BCUT2D eigenvalue weighted by atomic mass is 32.2. The number of carbonyl (C=O) groups excluding carboxylic acids is 1. The minimum Gasteiger partial charge on any atom is -0.316 e. The number of amides is 1. The molecule has 3 aromatic rings. The smallest absolute Gasteiger partial charge is 0.235 e. The Morgan fingerprint density at radius 3 is 2.78 bits per heavy atom. The number of aromatic nitrogens is 1. The standard InChI is InChI=1S/C24H21N5OS2/c1-16-7-8-18(11-25)23(27-16)31-15-22(30)28-24-20(12-26)19-9-10-29(14-21(19)32-24)13-17-5-3-2-4-6-17/h2-8H,9-10,13-15H2,1H3,(H,28,30). The van der Waals surface area contributed by atoms with Crippen LogP contribution in [0.1, 0.15) is 32.8 Å². The molecule has 0 atom stereocenters. The normalized spacial score (nSPS) is 13.1. The van der Waals surface area contributed by atoms with E-state index in [-0.39, 0.29) is 11.7 Å². The van der Waals surface area contributed by atoms with Crippen molar-refractivity contribution in [2.75, 3.05) is 17.6 Å². The van der Waals surface area contributed by atoms with Crippen molar-refractivity contribution in [3.8, 4) is 12.1 Å². The summed E-state index contributed by atoms with van der Waals surface area (Å²) >= 11 is 2.72. The fraction of sp³-hybridized carbons (Fsp3) is 0.250. The third kappa shape index (κ3) is 5.00. The molecule has 0 bridgehead atoms. The highest BCUT2D eigenvalue weighted by molar-refractivity contribution is 8.00. The number of carbonyl (C=O) groups is 1. The Balaban J connectivity index is 1.43. The average Bonchev–Trinajstić information content (AvgIpc) is 3.14. The van der Waals surface area contributed by atoms with Crippen molar-refractivity contribution in [1.29, 1.82) is 10.5 Å². The molecule has 160 valence electrons. The van der Waals surface area contributed by atoms with Crippen LogP contribution in [0.5, 0.6) is 0 Å². The Morgan fingerprint density at radius 1 is 1.22 bits per heavy atom. The molecule has 6 nitrogen and oxygen atoms in total. The second kappa shape index (κ2) is 9.97. The molecule has 1 amide bonds. The third-order valence-corrected chi connectivity index (χ3v) is 7.33. The average molecular weight is 460 g/mol. The second-order valence-corrected chi connectivity index (χ2v) is 9.59. The predicted molar refractivity (Wildman–Crippen MR) is 126 cm³/mol. The molecule has 32 heavy (non-hydrogen) atoms. The maximum Gasteiger partial charge on any atom is 0.235 e. The predicted octanol–water partition coefficient (Wildman–Crippen LogP) is 4.48. The lowest BCUT2D eigenvalue weighted by Crippen LogP contribution is -2.29. The van der Waals surface area contributed by atoms with Crippen molar-refractivity contribution in [2.45, 2.75) is 31.5 Å². The van der Waals surface area contributed by atoms with Crippen molar-refractivity contribution in [3.63, 3.8) is 0 Å². The van der Waals surface area contributed by atoms with Gasteiger partial charge in [0.1, 0.15) is 22.2 Å². The van der Waals surface area contributed by atoms with Crippen LogP contribution in [-0.2, 0) is 24.3 Å². The Labute approximate surface area is 195 Å². The molecule has 0 spiro atoms. The SMILES string of the molecule is Cc1ccc(C#N)c(SCC(=O)Nc2sc3c(c2C#N)CCN(Cc2ccccc2)C3)n1. The first kappa shape index (κ1) is 22.0. The van der Waals surface area contributed by atoms with Crippen LogP contribution in [0.15, 0.2) is 47.5 Å². The summed E-state index contributed by atoms with van der Waals surface area (Å²) in [5.41, 5.74) is 4.15. The first-order chi connectivity index (χ1) is 15.6. The second-order valence-electron chi connectivity index (χ2n) is 7.52. The monoisotopic (exact) mass is 459 g/mol. The van der Waals surface area contributed by atoms with E-state index in [9.17, 15) is 15.3 Å². The van der Waals surface area contributed by atoms with Gasteiger partial charge in [0.25, 0.3) is 0 Å². The number of benzene rings is 1. The molecule has 0 unspecified atom stereocenters. The molecule has 0 radical (unpaired) electrons. The van der Waals surface area contributed by atoms with E-state index in [1.807, 2.05) is 25.1 Å². The summed E-state index contributed by atoms with van der Waals surface area (Å²) in [7, 11) is 0. The number of thioether (sulfide) groups is 1. The molecule has 2 aromatic heterocycles. The van der Waals surface area contributed by atoms with E-state index in [0.29, 0.717) is 21.2 Å². The molecule has 0 fully saturated rings. The van der Waals surface area contributed by atoms with Crippen LogP contribution < -0.4 is 5.32 Å². The first-order valence-electron chi connectivity index (χ1n) is 10.2. The summed E-state index contributed by atoms with van der Waals surface area (Å²) in [6.07, 6.45) is 0.797. The van der Waals surface area contributed by atoms with Gasteiger partial charge in [-0.15, -0.1) is 11.3 Å². The van der Waals surface area contributed by atoms with Crippen LogP contribution in [0.4, 0.5) is 5.00 Å². The molecule has 1 aliphatic rings.